The molecule has 0 atom stereocenters. The van der Waals surface area contributed by atoms with Gasteiger partial charge in [0.1, 0.15) is 11.5 Å². The molecule has 0 aliphatic heterocycles. The van der Waals surface area contributed by atoms with E-state index in [1.165, 1.54) is 30.3 Å². The molecule has 6 nitrogen and oxygen atoms in total. The highest BCUT2D eigenvalue weighted by atomic mass is 79.9. The Hall–Kier alpha value is -4.33. The number of amides is 2. The second-order valence-electron chi connectivity index (χ2n) is 9.31. The van der Waals surface area contributed by atoms with Gasteiger partial charge in [-0.05, 0) is 77.3 Å². The zero-order valence-corrected chi connectivity index (χ0v) is 23.7. The van der Waals surface area contributed by atoms with Gasteiger partial charge < -0.3 is 19.8 Å². The van der Waals surface area contributed by atoms with Gasteiger partial charge in [0.2, 0.25) is 0 Å². The SMILES string of the molecule is Cc1cc(C(F)(C(F)(F)F)C(F)(F)F)cc(C)c1NC(=O)c1cc(NC(=O)c2ccc(Br)o2)cc(Oc2ccccc2)c1. The van der Waals surface area contributed by atoms with Crippen molar-refractivity contribution in [1.29, 1.82) is 0 Å². The predicted octanol–water partition coefficient (Wildman–Crippen LogP) is 9.25. The van der Waals surface area contributed by atoms with Crippen LogP contribution in [0.2, 0.25) is 0 Å². The van der Waals surface area contributed by atoms with E-state index in [9.17, 15) is 40.3 Å². The van der Waals surface area contributed by atoms with Gasteiger partial charge in [-0.2, -0.15) is 26.3 Å². The molecule has 0 radical (unpaired) electrons. The monoisotopic (exact) mass is 672 g/mol. The lowest BCUT2D eigenvalue weighted by Crippen LogP contribution is -2.50. The normalized spacial score (nSPS) is 12.1. The van der Waals surface area contributed by atoms with Crippen LogP contribution in [0.25, 0.3) is 0 Å². The second-order valence-corrected chi connectivity index (χ2v) is 10.1. The summed E-state index contributed by atoms with van der Waals surface area (Å²) in [6.07, 6.45) is -12.6. The van der Waals surface area contributed by atoms with Crippen molar-refractivity contribution in [3.05, 3.63) is 105 Å². The average molecular weight is 673 g/mol. The standard InChI is InChI=1S/C29H20BrF7N2O4/c1-15-10-18(27(31,28(32,33)34)29(35,36)37)11-16(2)24(15)39-25(40)17-12-19(38-26(41)22-8-9-23(30)43-22)14-21(13-17)42-20-6-4-3-5-7-20/h3-14H,1-2H3,(H,38,41)(H,39,40). The average Bonchev–Trinajstić information content (AvgIpc) is 3.35. The Labute approximate surface area is 248 Å². The number of furan rings is 1. The van der Waals surface area contributed by atoms with E-state index in [2.05, 4.69) is 26.6 Å². The Balaban J connectivity index is 1.69. The van der Waals surface area contributed by atoms with Crippen LogP contribution in [-0.4, -0.2) is 24.2 Å². The molecule has 0 spiro atoms. The van der Waals surface area contributed by atoms with Gasteiger partial charge in [-0.15, -0.1) is 0 Å². The minimum Gasteiger partial charge on any atom is -0.457 e. The van der Waals surface area contributed by atoms with Crippen LogP contribution in [0.1, 0.15) is 37.6 Å². The van der Waals surface area contributed by atoms with Gasteiger partial charge in [0.15, 0.2) is 10.4 Å². The summed E-state index contributed by atoms with van der Waals surface area (Å²) in [4.78, 5) is 26.0. The molecule has 4 aromatic rings. The maximum Gasteiger partial charge on any atom is 0.435 e. The van der Waals surface area contributed by atoms with Crippen molar-refractivity contribution in [3.63, 3.8) is 0 Å². The molecule has 14 heteroatoms. The van der Waals surface area contributed by atoms with E-state index >= 15 is 0 Å². The molecule has 4 rings (SSSR count). The van der Waals surface area contributed by atoms with Gasteiger partial charge >= 0.3 is 18.0 Å². The molecule has 226 valence electrons. The first kappa shape index (κ1) is 31.6. The molecule has 2 N–H and O–H groups in total. The van der Waals surface area contributed by atoms with Gasteiger partial charge in [-0.1, -0.05) is 30.3 Å². The highest BCUT2D eigenvalue weighted by Crippen LogP contribution is 2.53. The van der Waals surface area contributed by atoms with Crippen molar-refractivity contribution in [2.24, 2.45) is 0 Å². The van der Waals surface area contributed by atoms with Crippen LogP contribution in [0.15, 0.2) is 81.9 Å². The Morgan fingerprint density at radius 1 is 0.744 bits per heavy atom. The van der Waals surface area contributed by atoms with E-state index in [0.29, 0.717) is 22.6 Å². The number of para-hydroxylation sites is 1. The van der Waals surface area contributed by atoms with E-state index in [4.69, 9.17) is 9.15 Å². The molecule has 0 bridgehead atoms. The number of anilines is 2. The van der Waals surface area contributed by atoms with E-state index in [1.54, 1.807) is 30.3 Å². The summed E-state index contributed by atoms with van der Waals surface area (Å²) in [7, 11) is 0. The Kier molecular flexibility index (Phi) is 8.63. The summed E-state index contributed by atoms with van der Waals surface area (Å²) in [5, 5.41) is 5.00. The van der Waals surface area contributed by atoms with Crippen molar-refractivity contribution < 1.29 is 49.5 Å². The molecule has 1 heterocycles. The van der Waals surface area contributed by atoms with E-state index in [1.807, 2.05) is 0 Å². The molecule has 0 unspecified atom stereocenters. The highest BCUT2D eigenvalue weighted by molar-refractivity contribution is 9.10. The summed E-state index contributed by atoms with van der Waals surface area (Å²) in [6.45, 7) is 2.25. The number of halogens is 8. The number of rotatable bonds is 7. The van der Waals surface area contributed by atoms with Crippen LogP contribution in [-0.2, 0) is 5.67 Å². The number of aryl methyl sites for hydroxylation is 2. The minimum atomic E-state index is -6.29. The summed E-state index contributed by atoms with van der Waals surface area (Å²) in [5.41, 5.74) is -7.96. The lowest BCUT2D eigenvalue weighted by atomic mass is 9.90. The van der Waals surface area contributed by atoms with Gasteiger partial charge in [0, 0.05) is 28.6 Å². The molecular formula is C29H20BrF7N2O4. The first-order valence-electron chi connectivity index (χ1n) is 12.2. The fraction of sp³-hybridized carbons (Fsp3) is 0.172. The van der Waals surface area contributed by atoms with Crippen molar-refractivity contribution in [2.45, 2.75) is 31.9 Å². The van der Waals surface area contributed by atoms with Gasteiger partial charge in [-0.25, -0.2) is 4.39 Å². The topological polar surface area (TPSA) is 80.6 Å². The first-order valence-corrected chi connectivity index (χ1v) is 13.0. The third-order valence-corrected chi connectivity index (χ3v) is 6.58. The Morgan fingerprint density at radius 2 is 1.35 bits per heavy atom. The molecule has 0 saturated carbocycles. The van der Waals surface area contributed by atoms with Crippen LogP contribution >= 0.6 is 15.9 Å². The number of benzene rings is 3. The highest BCUT2D eigenvalue weighted by Gasteiger charge is 2.73. The first-order chi connectivity index (χ1) is 20.0. The van der Waals surface area contributed by atoms with E-state index in [0.717, 1.165) is 13.8 Å². The number of alkyl halides is 7. The molecule has 3 aromatic carbocycles. The smallest absolute Gasteiger partial charge is 0.435 e. The summed E-state index contributed by atoms with van der Waals surface area (Å²) in [5.74, 6) is -1.08. The van der Waals surface area contributed by atoms with Crippen molar-refractivity contribution in [3.8, 4) is 11.5 Å². The summed E-state index contributed by atoms with van der Waals surface area (Å²) < 4.78 is 106. The van der Waals surface area contributed by atoms with Crippen LogP contribution in [0.3, 0.4) is 0 Å². The van der Waals surface area contributed by atoms with Crippen molar-refractivity contribution in [1.82, 2.24) is 0 Å². The quantitative estimate of drug-likeness (QED) is 0.192. The molecule has 1 aromatic heterocycles. The minimum absolute atomic E-state index is 0.0553. The lowest BCUT2D eigenvalue weighted by Gasteiger charge is -2.31. The fourth-order valence-corrected chi connectivity index (χ4v) is 4.45. The number of nitrogens with one attached hydrogen (secondary N) is 2. The Morgan fingerprint density at radius 3 is 1.88 bits per heavy atom. The van der Waals surface area contributed by atoms with Gasteiger partial charge in [-0.3, -0.25) is 9.59 Å². The van der Waals surface area contributed by atoms with Gasteiger partial charge in [0.25, 0.3) is 11.8 Å². The molecule has 0 fully saturated rings. The van der Waals surface area contributed by atoms with Crippen LogP contribution in [0.5, 0.6) is 11.5 Å². The third kappa shape index (κ3) is 6.69. The number of hydrogen-bond donors (Lipinski definition) is 2. The van der Waals surface area contributed by atoms with Crippen molar-refractivity contribution >= 4 is 39.1 Å². The largest absolute Gasteiger partial charge is 0.457 e. The molecule has 43 heavy (non-hydrogen) atoms. The molecular weight excluding hydrogens is 653 g/mol. The van der Waals surface area contributed by atoms with E-state index < -0.39 is 35.4 Å². The zero-order chi connectivity index (χ0) is 31.7. The summed E-state index contributed by atoms with van der Waals surface area (Å²) >= 11 is 3.09. The maximum absolute atomic E-state index is 14.7. The Bertz CT molecular complexity index is 1630. The number of hydrogen-bond acceptors (Lipinski definition) is 4. The lowest BCUT2D eigenvalue weighted by molar-refractivity contribution is -0.348. The molecule has 0 aliphatic rings. The fourth-order valence-electron chi connectivity index (χ4n) is 4.15. The predicted molar refractivity (Wildman–Crippen MR) is 146 cm³/mol. The van der Waals surface area contributed by atoms with Crippen molar-refractivity contribution in [2.75, 3.05) is 10.6 Å². The third-order valence-electron chi connectivity index (χ3n) is 6.15. The van der Waals surface area contributed by atoms with Crippen LogP contribution in [0, 0.1) is 13.8 Å². The summed E-state index contributed by atoms with van der Waals surface area (Å²) in [6, 6.07) is 16.0. The zero-order valence-electron chi connectivity index (χ0n) is 22.1. The molecule has 0 saturated heterocycles. The van der Waals surface area contributed by atoms with Crippen LogP contribution < -0.4 is 15.4 Å². The number of carbonyl (C=O) groups is 2. The van der Waals surface area contributed by atoms with E-state index in [-0.39, 0.29) is 39.6 Å². The molecule has 0 aliphatic carbocycles. The number of ether oxygens (including phenoxy) is 1. The number of carbonyl (C=O) groups excluding carboxylic acids is 2. The molecule has 2 amide bonds. The maximum atomic E-state index is 14.7. The van der Waals surface area contributed by atoms with Gasteiger partial charge in [0.05, 0.1) is 0 Å². The second kappa shape index (κ2) is 11.7. The van der Waals surface area contributed by atoms with Crippen LogP contribution in [0.4, 0.5) is 42.1 Å².